The van der Waals surface area contributed by atoms with Crippen LogP contribution >= 0.6 is 0 Å². The van der Waals surface area contributed by atoms with Crippen LogP contribution in [0.2, 0.25) is 0 Å². The van der Waals surface area contributed by atoms with Gasteiger partial charge in [0.05, 0.1) is 12.2 Å². The third-order valence-corrected chi connectivity index (χ3v) is 4.44. The lowest BCUT2D eigenvalue weighted by atomic mass is 9.98. The van der Waals surface area contributed by atoms with E-state index in [-0.39, 0.29) is 5.60 Å². The third kappa shape index (κ3) is 6.15. The molecule has 1 aromatic rings. The van der Waals surface area contributed by atoms with Crippen LogP contribution in [0.25, 0.3) is 0 Å². The van der Waals surface area contributed by atoms with E-state index in [1.54, 1.807) is 0 Å². The van der Waals surface area contributed by atoms with E-state index in [2.05, 4.69) is 76.0 Å². The lowest BCUT2D eigenvalue weighted by Crippen LogP contribution is -2.48. The Balaban J connectivity index is 1.81. The van der Waals surface area contributed by atoms with Crippen molar-refractivity contribution in [3.63, 3.8) is 0 Å². The van der Waals surface area contributed by atoms with E-state index in [1.165, 1.54) is 37.2 Å². The number of hydrogen-bond donors (Lipinski definition) is 1. The maximum atomic E-state index is 5.82. The molecule has 1 N–H and O–H groups in total. The molecule has 0 spiro atoms. The van der Waals surface area contributed by atoms with Crippen LogP contribution in [0.4, 0.5) is 5.69 Å². The van der Waals surface area contributed by atoms with Gasteiger partial charge in [-0.15, -0.1) is 0 Å². The molecule has 1 heterocycles. The van der Waals surface area contributed by atoms with E-state index in [1.807, 2.05) is 0 Å². The van der Waals surface area contributed by atoms with Gasteiger partial charge in [-0.1, -0.05) is 12.1 Å². The summed E-state index contributed by atoms with van der Waals surface area (Å²) < 4.78 is 5.82. The van der Waals surface area contributed by atoms with E-state index < -0.39 is 0 Å². The van der Waals surface area contributed by atoms with Crippen LogP contribution in [0.3, 0.4) is 0 Å². The minimum atomic E-state index is -0.0854. The normalized spacial score (nSPS) is 18.2. The molecule has 1 aliphatic heterocycles. The smallest absolute Gasteiger partial charge is 0.0724 e. The van der Waals surface area contributed by atoms with Crippen molar-refractivity contribution in [2.75, 3.05) is 18.4 Å². The highest BCUT2D eigenvalue weighted by Crippen LogP contribution is 2.23. The highest BCUT2D eigenvalue weighted by atomic mass is 16.5. The van der Waals surface area contributed by atoms with Gasteiger partial charge in [-0.25, -0.2) is 0 Å². The fourth-order valence-electron chi connectivity index (χ4n) is 2.93. The van der Waals surface area contributed by atoms with E-state index >= 15 is 0 Å². The first kappa shape index (κ1) is 18.3. The van der Waals surface area contributed by atoms with Gasteiger partial charge in [0.2, 0.25) is 0 Å². The summed E-state index contributed by atoms with van der Waals surface area (Å²) in [7, 11) is 0. The van der Waals surface area contributed by atoms with Crippen molar-refractivity contribution >= 4 is 5.69 Å². The topological polar surface area (TPSA) is 24.5 Å². The SMILES string of the molecule is CC(C)(C)OCc1ccc(NC2CCN(C(C)(C)C)CC2)cc1. The zero-order valence-corrected chi connectivity index (χ0v) is 15.8. The first-order valence-electron chi connectivity index (χ1n) is 8.88. The Labute approximate surface area is 142 Å². The number of benzene rings is 1. The Kier molecular flexibility index (Phi) is 5.74. The van der Waals surface area contributed by atoms with E-state index in [0.29, 0.717) is 18.2 Å². The largest absolute Gasteiger partial charge is 0.382 e. The molecule has 0 atom stereocenters. The Morgan fingerprint density at radius 1 is 1.00 bits per heavy atom. The van der Waals surface area contributed by atoms with E-state index in [0.717, 1.165) is 0 Å². The van der Waals surface area contributed by atoms with Gasteiger partial charge in [0.25, 0.3) is 0 Å². The van der Waals surface area contributed by atoms with Crippen LogP contribution in [-0.2, 0) is 11.3 Å². The summed E-state index contributed by atoms with van der Waals surface area (Å²) in [6.45, 7) is 16.2. The molecule has 0 radical (unpaired) electrons. The minimum absolute atomic E-state index is 0.0854. The predicted molar refractivity (Wildman–Crippen MR) is 99.0 cm³/mol. The lowest BCUT2D eigenvalue weighted by Gasteiger charge is -2.41. The Bertz CT molecular complexity index is 474. The van der Waals surface area contributed by atoms with Crippen LogP contribution in [0.5, 0.6) is 0 Å². The van der Waals surface area contributed by atoms with Crippen molar-refractivity contribution in [1.29, 1.82) is 0 Å². The van der Waals surface area contributed by atoms with Gasteiger partial charge in [-0.3, -0.25) is 4.90 Å². The van der Waals surface area contributed by atoms with Crippen LogP contribution < -0.4 is 5.32 Å². The Morgan fingerprint density at radius 2 is 1.57 bits per heavy atom. The summed E-state index contributed by atoms with van der Waals surface area (Å²) >= 11 is 0. The summed E-state index contributed by atoms with van der Waals surface area (Å²) in [6, 6.07) is 9.27. The number of anilines is 1. The van der Waals surface area contributed by atoms with Crippen molar-refractivity contribution in [1.82, 2.24) is 4.90 Å². The second kappa shape index (κ2) is 7.23. The Morgan fingerprint density at radius 3 is 2.04 bits per heavy atom. The monoisotopic (exact) mass is 318 g/mol. The molecular formula is C20H34N2O. The zero-order chi connectivity index (χ0) is 17.1. The van der Waals surface area contributed by atoms with Gasteiger partial charge in [0.1, 0.15) is 0 Å². The van der Waals surface area contributed by atoms with Crippen molar-refractivity contribution in [3.05, 3.63) is 29.8 Å². The zero-order valence-electron chi connectivity index (χ0n) is 15.8. The molecule has 130 valence electrons. The van der Waals surface area contributed by atoms with Crippen LogP contribution in [-0.4, -0.2) is 35.2 Å². The molecule has 3 heteroatoms. The number of piperidine rings is 1. The molecule has 0 unspecified atom stereocenters. The minimum Gasteiger partial charge on any atom is -0.382 e. The van der Waals surface area contributed by atoms with Crippen LogP contribution in [0.1, 0.15) is 59.9 Å². The third-order valence-electron chi connectivity index (χ3n) is 4.44. The number of likely N-dealkylation sites (tertiary alicyclic amines) is 1. The number of hydrogen-bond acceptors (Lipinski definition) is 3. The number of nitrogens with zero attached hydrogens (tertiary/aromatic N) is 1. The Hall–Kier alpha value is -1.06. The maximum Gasteiger partial charge on any atom is 0.0724 e. The van der Waals surface area contributed by atoms with Gasteiger partial charge in [-0.2, -0.15) is 0 Å². The summed E-state index contributed by atoms with van der Waals surface area (Å²) in [5.74, 6) is 0. The average molecular weight is 319 g/mol. The van der Waals surface area contributed by atoms with Crippen molar-refractivity contribution in [2.45, 2.75) is 78.2 Å². The standard InChI is InChI=1S/C20H34N2O/c1-19(2,3)22-13-11-18(12-14-22)21-17-9-7-16(8-10-17)15-23-20(4,5)6/h7-10,18,21H,11-15H2,1-6H3. The van der Waals surface area contributed by atoms with E-state index in [9.17, 15) is 0 Å². The second-order valence-corrected chi connectivity index (χ2v) is 8.67. The maximum absolute atomic E-state index is 5.82. The fraction of sp³-hybridized carbons (Fsp3) is 0.700. The molecule has 1 saturated heterocycles. The predicted octanol–water partition coefficient (Wildman–Crippen LogP) is 4.68. The second-order valence-electron chi connectivity index (χ2n) is 8.67. The summed E-state index contributed by atoms with van der Waals surface area (Å²) in [5, 5.41) is 3.68. The summed E-state index contributed by atoms with van der Waals surface area (Å²) in [5.41, 5.74) is 2.66. The molecule has 23 heavy (non-hydrogen) atoms. The van der Waals surface area contributed by atoms with Crippen molar-refractivity contribution in [2.24, 2.45) is 0 Å². The molecule has 1 aromatic carbocycles. The average Bonchev–Trinajstić information content (AvgIpc) is 2.45. The summed E-state index contributed by atoms with van der Waals surface area (Å²) in [4.78, 5) is 2.58. The highest BCUT2D eigenvalue weighted by Gasteiger charge is 2.26. The first-order valence-corrected chi connectivity index (χ1v) is 8.88. The molecule has 0 aromatic heterocycles. The molecule has 3 nitrogen and oxygen atoms in total. The quantitative estimate of drug-likeness (QED) is 0.872. The summed E-state index contributed by atoms with van der Waals surface area (Å²) in [6.07, 6.45) is 2.43. The molecule has 0 saturated carbocycles. The lowest BCUT2D eigenvalue weighted by molar-refractivity contribution is -0.0149. The number of rotatable bonds is 4. The van der Waals surface area contributed by atoms with Gasteiger partial charge < -0.3 is 10.1 Å². The van der Waals surface area contributed by atoms with Crippen LogP contribution in [0, 0.1) is 0 Å². The van der Waals surface area contributed by atoms with Gasteiger partial charge in [0.15, 0.2) is 0 Å². The number of ether oxygens (including phenoxy) is 1. The highest BCUT2D eigenvalue weighted by molar-refractivity contribution is 5.45. The van der Waals surface area contributed by atoms with E-state index in [4.69, 9.17) is 4.74 Å². The molecule has 1 fully saturated rings. The fourth-order valence-corrected chi connectivity index (χ4v) is 2.93. The molecule has 0 bridgehead atoms. The molecular weight excluding hydrogens is 284 g/mol. The molecule has 2 rings (SSSR count). The molecule has 0 amide bonds. The number of nitrogens with one attached hydrogen (secondary N) is 1. The molecule has 1 aliphatic rings. The van der Waals surface area contributed by atoms with Gasteiger partial charge in [0, 0.05) is 30.4 Å². The van der Waals surface area contributed by atoms with Gasteiger partial charge >= 0.3 is 0 Å². The molecule has 0 aliphatic carbocycles. The van der Waals surface area contributed by atoms with Crippen molar-refractivity contribution in [3.8, 4) is 0 Å². The van der Waals surface area contributed by atoms with Crippen molar-refractivity contribution < 1.29 is 4.74 Å². The first-order chi connectivity index (χ1) is 10.6. The van der Waals surface area contributed by atoms with Gasteiger partial charge in [-0.05, 0) is 72.1 Å². The van der Waals surface area contributed by atoms with Crippen LogP contribution in [0.15, 0.2) is 24.3 Å².